The molecule has 1 N–H and O–H groups in total. The standard InChI is InChI=1S/C20H27N5O3S2/c1-14-6-9-17(30(27,28)24-10-4-3-5-11-24)12-18(14)21-19(26)13-29-20-23-22-15(2)25(20)16-7-8-16/h6,9,12,16H,3-5,7-8,10-11,13H2,1-2H3,(H,21,26). The number of carbonyl (C=O) groups excluding carboxylic acids is 1. The highest BCUT2D eigenvalue weighted by molar-refractivity contribution is 7.99. The second-order valence-electron chi connectivity index (χ2n) is 7.91. The molecule has 10 heteroatoms. The van der Waals surface area contributed by atoms with Gasteiger partial charge in [0, 0.05) is 24.8 Å². The summed E-state index contributed by atoms with van der Waals surface area (Å²) in [4.78, 5) is 12.8. The smallest absolute Gasteiger partial charge is 0.243 e. The molecule has 162 valence electrons. The quantitative estimate of drug-likeness (QED) is 0.652. The minimum atomic E-state index is -3.54. The Hall–Kier alpha value is -1.91. The van der Waals surface area contributed by atoms with Gasteiger partial charge >= 0.3 is 0 Å². The fourth-order valence-corrected chi connectivity index (χ4v) is 6.06. The molecule has 30 heavy (non-hydrogen) atoms. The zero-order valence-electron chi connectivity index (χ0n) is 17.3. The van der Waals surface area contributed by atoms with E-state index in [1.165, 1.54) is 16.1 Å². The second kappa shape index (κ2) is 8.68. The third kappa shape index (κ3) is 4.55. The van der Waals surface area contributed by atoms with Crippen molar-refractivity contribution in [3.8, 4) is 0 Å². The van der Waals surface area contributed by atoms with Crippen molar-refractivity contribution < 1.29 is 13.2 Å². The van der Waals surface area contributed by atoms with Gasteiger partial charge in [-0.15, -0.1) is 10.2 Å². The lowest BCUT2D eigenvalue weighted by Gasteiger charge is -2.26. The number of piperidine rings is 1. The summed E-state index contributed by atoms with van der Waals surface area (Å²) in [6.45, 7) is 4.88. The summed E-state index contributed by atoms with van der Waals surface area (Å²) in [5, 5.41) is 11.9. The first kappa shape index (κ1) is 21.3. The van der Waals surface area contributed by atoms with E-state index in [0.717, 1.165) is 48.6 Å². The number of hydrogen-bond acceptors (Lipinski definition) is 6. The van der Waals surface area contributed by atoms with Crippen LogP contribution in [0.5, 0.6) is 0 Å². The first-order valence-corrected chi connectivity index (χ1v) is 12.7. The van der Waals surface area contributed by atoms with Crippen LogP contribution < -0.4 is 5.32 Å². The van der Waals surface area contributed by atoms with Crippen LogP contribution in [0.25, 0.3) is 0 Å². The summed E-state index contributed by atoms with van der Waals surface area (Å²) in [6.07, 6.45) is 5.08. The molecule has 2 aromatic rings. The molecule has 2 fully saturated rings. The van der Waals surface area contributed by atoms with Gasteiger partial charge in [0.2, 0.25) is 15.9 Å². The Balaban J connectivity index is 1.44. The highest BCUT2D eigenvalue weighted by Crippen LogP contribution is 2.38. The molecule has 4 rings (SSSR count). The third-order valence-corrected chi connectivity index (χ3v) is 8.35. The van der Waals surface area contributed by atoms with Crippen molar-refractivity contribution >= 4 is 33.4 Å². The Kier molecular flexibility index (Phi) is 6.17. The van der Waals surface area contributed by atoms with E-state index in [-0.39, 0.29) is 16.6 Å². The van der Waals surface area contributed by atoms with Crippen molar-refractivity contribution in [3.05, 3.63) is 29.6 Å². The molecule has 1 saturated carbocycles. The minimum Gasteiger partial charge on any atom is -0.325 e. The predicted molar refractivity (Wildman–Crippen MR) is 116 cm³/mol. The van der Waals surface area contributed by atoms with Gasteiger partial charge in [-0.1, -0.05) is 24.2 Å². The van der Waals surface area contributed by atoms with Crippen molar-refractivity contribution in [2.75, 3.05) is 24.2 Å². The van der Waals surface area contributed by atoms with Gasteiger partial charge < -0.3 is 9.88 Å². The number of nitrogens with one attached hydrogen (secondary N) is 1. The van der Waals surface area contributed by atoms with Gasteiger partial charge in [-0.05, 0) is 57.2 Å². The molecule has 1 aromatic heterocycles. The maximum Gasteiger partial charge on any atom is 0.243 e. The van der Waals surface area contributed by atoms with Crippen LogP contribution in [-0.2, 0) is 14.8 Å². The first-order valence-electron chi connectivity index (χ1n) is 10.3. The Bertz CT molecular complexity index is 1040. The molecule has 1 aliphatic carbocycles. The fourth-order valence-electron chi connectivity index (χ4n) is 3.67. The normalized spacial score (nSPS) is 17.8. The van der Waals surface area contributed by atoms with Crippen LogP contribution in [0.3, 0.4) is 0 Å². The van der Waals surface area contributed by atoms with E-state index in [2.05, 4.69) is 20.1 Å². The van der Waals surface area contributed by atoms with E-state index >= 15 is 0 Å². The molecular weight excluding hydrogens is 422 g/mol. The van der Waals surface area contributed by atoms with Gasteiger partial charge in [0.05, 0.1) is 10.6 Å². The molecule has 1 aromatic carbocycles. The molecule has 0 radical (unpaired) electrons. The fraction of sp³-hybridized carbons (Fsp3) is 0.550. The van der Waals surface area contributed by atoms with Crippen LogP contribution in [0, 0.1) is 13.8 Å². The van der Waals surface area contributed by atoms with Crippen LogP contribution in [0.4, 0.5) is 5.69 Å². The number of nitrogens with zero attached hydrogens (tertiary/aromatic N) is 4. The van der Waals surface area contributed by atoms with Crippen LogP contribution in [0.1, 0.15) is 49.5 Å². The molecule has 2 heterocycles. The predicted octanol–water partition coefficient (Wildman–Crippen LogP) is 3.14. The summed E-state index contributed by atoms with van der Waals surface area (Å²) in [6, 6.07) is 5.38. The molecule has 1 amide bonds. The van der Waals surface area contributed by atoms with Gasteiger partial charge in [-0.3, -0.25) is 4.79 Å². The van der Waals surface area contributed by atoms with E-state index in [4.69, 9.17) is 0 Å². The molecule has 1 aliphatic heterocycles. The number of amides is 1. The zero-order chi connectivity index (χ0) is 21.3. The first-order chi connectivity index (χ1) is 14.4. The molecule has 2 aliphatic rings. The summed E-state index contributed by atoms with van der Waals surface area (Å²) in [7, 11) is -3.54. The Labute approximate surface area is 181 Å². The summed E-state index contributed by atoms with van der Waals surface area (Å²) in [5.74, 6) is 0.860. The molecule has 8 nitrogen and oxygen atoms in total. The lowest BCUT2D eigenvalue weighted by molar-refractivity contribution is -0.113. The van der Waals surface area contributed by atoms with Crippen LogP contribution >= 0.6 is 11.8 Å². The average molecular weight is 450 g/mol. The van der Waals surface area contributed by atoms with Crippen LogP contribution in [0.2, 0.25) is 0 Å². The summed E-state index contributed by atoms with van der Waals surface area (Å²) < 4.78 is 29.5. The average Bonchev–Trinajstić information content (AvgIpc) is 3.50. The zero-order valence-corrected chi connectivity index (χ0v) is 18.9. The number of rotatable bonds is 7. The maximum absolute atomic E-state index is 12.9. The van der Waals surface area contributed by atoms with Gasteiger partial charge in [0.1, 0.15) is 5.82 Å². The minimum absolute atomic E-state index is 0.188. The van der Waals surface area contributed by atoms with E-state index in [1.807, 2.05) is 13.8 Å². The molecule has 0 bridgehead atoms. The van der Waals surface area contributed by atoms with Crippen molar-refractivity contribution in [2.45, 2.75) is 62.0 Å². The van der Waals surface area contributed by atoms with Crippen molar-refractivity contribution in [3.63, 3.8) is 0 Å². The summed E-state index contributed by atoms with van der Waals surface area (Å²) in [5.41, 5.74) is 1.35. The van der Waals surface area contributed by atoms with E-state index < -0.39 is 10.0 Å². The van der Waals surface area contributed by atoms with Crippen LogP contribution in [-0.4, -0.2) is 52.2 Å². The molecular formula is C20H27N5O3S2. The Morgan fingerprint density at radius 3 is 2.60 bits per heavy atom. The number of aryl methyl sites for hydroxylation is 2. The van der Waals surface area contributed by atoms with Gasteiger partial charge in [-0.2, -0.15) is 4.31 Å². The number of carbonyl (C=O) groups is 1. The monoisotopic (exact) mass is 449 g/mol. The van der Waals surface area contributed by atoms with Crippen LogP contribution in [0.15, 0.2) is 28.3 Å². The third-order valence-electron chi connectivity index (χ3n) is 5.52. The number of thioether (sulfide) groups is 1. The van der Waals surface area contributed by atoms with E-state index in [0.29, 0.717) is 24.8 Å². The Morgan fingerprint density at radius 1 is 1.17 bits per heavy atom. The molecule has 0 unspecified atom stereocenters. The van der Waals surface area contributed by atoms with Crippen molar-refractivity contribution in [1.29, 1.82) is 0 Å². The van der Waals surface area contributed by atoms with Gasteiger partial charge in [0.25, 0.3) is 0 Å². The second-order valence-corrected chi connectivity index (χ2v) is 10.8. The lowest BCUT2D eigenvalue weighted by Crippen LogP contribution is -2.35. The highest BCUT2D eigenvalue weighted by Gasteiger charge is 2.29. The van der Waals surface area contributed by atoms with Crippen molar-refractivity contribution in [2.24, 2.45) is 0 Å². The summed E-state index contributed by atoms with van der Waals surface area (Å²) >= 11 is 1.35. The van der Waals surface area contributed by atoms with E-state index in [1.54, 1.807) is 18.2 Å². The van der Waals surface area contributed by atoms with Crippen molar-refractivity contribution in [1.82, 2.24) is 19.1 Å². The SMILES string of the molecule is Cc1ccc(S(=O)(=O)N2CCCCC2)cc1NC(=O)CSc1nnc(C)n1C1CC1. The maximum atomic E-state index is 12.9. The largest absolute Gasteiger partial charge is 0.325 e. The van der Waals surface area contributed by atoms with Gasteiger partial charge in [-0.25, -0.2) is 8.42 Å². The number of sulfonamides is 1. The number of aromatic nitrogens is 3. The highest BCUT2D eigenvalue weighted by atomic mass is 32.2. The number of benzene rings is 1. The molecule has 0 spiro atoms. The Morgan fingerprint density at radius 2 is 1.90 bits per heavy atom. The molecule has 0 atom stereocenters. The molecule has 1 saturated heterocycles. The van der Waals surface area contributed by atoms with E-state index in [9.17, 15) is 13.2 Å². The van der Waals surface area contributed by atoms with Gasteiger partial charge in [0.15, 0.2) is 5.16 Å². The topological polar surface area (TPSA) is 97.2 Å². The number of hydrogen-bond donors (Lipinski definition) is 1. The lowest BCUT2D eigenvalue weighted by atomic mass is 10.2. The number of anilines is 1.